The zero-order chi connectivity index (χ0) is 14.3. The number of aliphatic hydroxyl groups is 1. The molecule has 0 amide bonds. The van der Waals surface area contributed by atoms with Crippen molar-refractivity contribution in [3.63, 3.8) is 0 Å². The van der Waals surface area contributed by atoms with Crippen LogP contribution in [-0.2, 0) is 0 Å². The lowest BCUT2D eigenvalue weighted by atomic mass is 9.93. The summed E-state index contributed by atoms with van der Waals surface area (Å²) in [6.07, 6.45) is 0.0867. The standard InChI is InChI=1S/C18H20O2/c1-11-4-7-17-15(8-11)16(19)10-18(20-17)14-6-5-12(2)13(3)9-14/h4-9,16,18-19H,10H2,1-3H3. The number of hydrogen-bond donors (Lipinski definition) is 1. The number of ether oxygens (including phenoxy) is 1. The Morgan fingerprint density at radius 1 is 1.00 bits per heavy atom. The number of aliphatic hydroxyl groups excluding tert-OH is 1. The lowest BCUT2D eigenvalue weighted by Gasteiger charge is -2.30. The molecule has 0 aliphatic carbocycles. The molecule has 0 saturated carbocycles. The fourth-order valence-corrected chi connectivity index (χ4v) is 2.74. The Bertz CT molecular complexity index is 646. The summed E-state index contributed by atoms with van der Waals surface area (Å²) in [4.78, 5) is 0. The Balaban J connectivity index is 1.94. The molecule has 20 heavy (non-hydrogen) atoms. The summed E-state index contributed by atoms with van der Waals surface area (Å²) < 4.78 is 6.08. The highest BCUT2D eigenvalue weighted by molar-refractivity contribution is 5.41. The van der Waals surface area contributed by atoms with Gasteiger partial charge in [0.15, 0.2) is 0 Å². The monoisotopic (exact) mass is 268 g/mol. The molecule has 0 radical (unpaired) electrons. The molecule has 2 atom stereocenters. The molecule has 1 aliphatic rings. The molecule has 2 aromatic rings. The second-order valence-corrected chi connectivity index (χ2v) is 5.74. The van der Waals surface area contributed by atoms with E-state index in [9.17, 15) is 5.11 Å². The Morgan fingerprint density at radius 2 is 1.80 bits per heavy atom. The third-order valence-corrected chi connectivity index (χ3v) is 4.13. The fourth-order valence-electron chi connectivity index (χ4n) is 2.74. The van der Waals surface area contributed by atoms with E-state index in [1.165, 1.54) is 11.1 Å². The van der Waals surface area contributed by atoms with Crippen LogP contribution in [0.5, 0.6) is 5.75 Å². The molecule has 0 saturated heterocycles. The van der Waals surface area contributed by atoms with Crippen LogP contribution in [-0.4, -0.2) is 5.11 Å². The molecule has 2 heteroatoms. The lowest BCUT2D eigenvalue weighted by molar-refractivity contribution is 0.0656. The van der Waals surface area contributed by atoms with E-state index in [0.29, 0.717) is 6.42 Å². The first kappa shape index (κ1) is 13.2. The molecule has 104 valence electrons. The molecule has 2 nitrogen and oxygen atoms in total. The zero-order valence-corrected chi connectivity index (χ0v) is 12.2. The number of fused-ring (bicyclic) bond motifs is 1. The van der Waals surface area contributed by atoms with Crippen molar-refractivity contribution in [1.82, 2.24) is 0 Å². The molecule has 2 unspecified atom stereocenters. The van der Waals surface area contributed by atoms with Crippen molar-refractivity contribution >= 4 is 0 Å². The minimum Gasteiger partial charge on any atom is -0.485 e. The Kier molecular flexibility index (Phi) is 3.27. The van der Waals surface area contributed by atoms with Crippen molar-refractivity contribution < 1.29 is 9.84 Å². The van der Waals surface area contributed by atoms with Crippen LogP contribution in [0, 0.1) is 20.8 Å². The van der Waals surface area contributed by atoms with E-state index in [1.807, 2.05) is 25.1 Å². The predicted octanol–water partition coefficient (Wildman–Crippen LogP) is 4.17. The maximum Gasteiger partial charge on any atom is 0.127 e. The van der Waals surface area contributed by atoms with Gasteiger partial charge in [-0.3, -0.25) is 0 Å². The molecular formula is C18H20O2. The normalized spacial score (nSPS) is 21.2. The first-order valence-electron chi connectivity index (χ1n) is 7.07. The van der Waals surface area contributed by atoms with Crippen LogP contribution >= 0.6 is 0 Å². The minimum atomic E-state index is -0.453. The predicted molar refractivity (Wildman–Crippen MR) is 80.0 cm³/mol. The Labute approximate surface area is 120 Å². The summed E-state index contributed by atoms with van der Waals surface area (Å²) in [5.41, 5.74) is 5.73. The maximum atomic E-state index is 10.4. The van der Waals surface area contributed by atoms with Crippen molar-refractivity contribution in [3.8, 4) is 5.75 Å². The Hall–Kier alpha value is -1.80. The molecular weight excluding hydrogens is 248 g/mol. The summed E-state index contributed by atoms with van der Waals surface area (Å²) in [6.45, 7) is 6.24. The lowest BCUT2D eigenvalue weighted by Crippen LogP contribution is -2.19. The zero-order valence-electron chi connectivity index (χ0n) is 12.2. The molecule has 1 N–H and O–H groups in total. The van der Waals surface area contributed by atoms with Gasteiger partial charge in [-0.25, -0.2) is 0 Å². The van der Waals surface area contributed by atoms with Crippen molar-refractivity contribution in [2.75, 3.05) is 0 Å². The number of benzene rings is 2. The third kappa shape index (κ3) is 2.32. The molecule has 0 aromatic heterocycles. The van der Waals surface area contributed by atoms with Crippen LogP contribution in [0.15, 0.2) is 36.4 Å². The van der Waals surface area contributed by atoms with Crippen LogP contribution in [0.3, 0.4) is 0 Å². The van der Waals surface area contributed by atoms with E-state index in [2.05, 4.69) is 32.0 Å². The van der Waals surface area contributed by atoms with Gasteiger partial charge in [-0.1, -0.05) is 29.8 Å². The highest BCUT2D eigenvalue weighted by atomic mass is 16.5. The molecule has 1 heterocycles. The van der Waals surface area contributed by atoms with E-state index >= 15 is 0 Å². The van der Waals surface area contributed by atoms with Gasteiger partial charge in [-0.2, -0.15) is 0 Å². The van der Waals surface area contributed by atoms with Gasteiger partial charge in [0.1, 0.15) is 11.9 Å². The van der Waals surface area contributed by atoms with Crippen molar-refractivity contribution in [1.29, 1.82) is 0 Å². The van der Waals surface area contributed by atoms with Gasteiger partial charge < -0.3 is 9.84 Å². The highest BCUT2D eigenvalue weighted by Crippen LogP contribution is 2.41. The van der Waals surface area contributed by atoms with Crippen molar-refractivity contribution in [2.24, 2.45) is 0 Å². The average molecular weight is 268 g/mol. The van der Waals surface area contributed by atoms with Gasteiger partial charge >= 0.3 is 0 Å². The van der Waals surface area contributed by atoms with E-state index in [-0.39, 0.29) is 6.10 Å². The number of rotatable bonds is 1. The second-order valence-electron chi connectivity index (χ2n) is 5.74. The minimum absolute atomic E-state index is 0.0699. The fraction of sp³-hybridized carbons (Fsp3) is 0.333. The maximum absolute atomic E-state index is 10.4. The largest absolute Gasteiger partial charge is 0.485 e. The van der Waals surface area contributed by atoms with Gasteiger partial charge in [0, 0.05) is 12.0 Å². The molecule has 0 spiro atoms. The quantitative estimate of drug-likeness (QED) is 0.841. The van der Waals surface area contributed by atoms with Gasteiger partial charge in [0.05, 0.1) is 6.10 Å². The summed E-state index contributed by atoms with van der Waals surface area (Å²) in [5.74, 6) is 0.803. The van der Waals surface area contributed by atoms with Gasteiger partial charge in [-0.15, -0.1) is 0 Å². The number of aryl methyl sites for hydroxylation is 3. The topological polar surface area (TPSA) is 29.5 Å². The average Bonchev–Trinajstić information content (AvgIpc) is 2.42. The van der Waals surface area contributed by atoms with E-state index in [0.717, 1.165) is 22.4 Å². The van der Waals surface area contributed by atoms with Gasteiger partial charge in [-0.05, 0) is 49.6 Å². The van der Waals surface area contributed by atoms with Crippen LogP contribution in [0.25, 0.3) is 0 Å². The third-order valence-electron chi connectivity index (χ3n) is 4.13. The van der Waals surface area contributed by atoms with Crippen LogP contribution in [0.2, 0.25) is 0 Å². The van der Waals surface area contributed by atoms with Gasteiger partial charge in [0.2, 0.25) is 0 Å². The molecule has 1 aliphatic heterocycles. The van der Waals surface area contributed by atoms with Crippen LogP contribution in [0.4, 0.5) is 0 Å². The van der Waals surface area contributed by atoms with E-state index in [4.69, 9.17) is 4.74 Å². The summed E-state index contributed by atoms with van der Waals surface area (Å²) >= 11 is 0. The molecule has 0 fully saturated rings. The SMILES string of the molecule is Cc1ccc2c(c1)C(O)CC(c1ccc(C)c(C)c1)O2. The summed E-state index contributed by atoms with van der Waals surface area (Å²) in [7, 11) is 0. The summed E-state index contributed by atoms with van der Waals surface area (Å²) in [6, 6.07) is 12.4. The molecule has 2 aromatic carbocycles. The summed E-state index contributed by atoms with van der Waals surface area (Å²) in [5, 5.41) is 10.4. The first-order valence-corrected chi connectivity index (χ1v) is 7.07. The highest BCUT2D eigenvalue weighted by Gasteiger charge is 2.28. The van der Waals surface area contributed by atoms with Crippen LogP contribution < -0.4 is 4.74 Å². The molecule has 3 rings (SSSR count). The van der Waals surface area contributed by atoms with E-state index in [1.54, 1.807) is 0 Å². The number of hydrogen-bond acceptors (Lipinski definition) is 2. The van der Waals surface area contributed by atoms with Crippen LogP contribution in [0.1, 0.15) is 46.4 Å². The Morgan fingerprint density at radius 3 is 2.55 bits per heavy atom. The van der Waals surface area contributed by atoms with Crippen molar-refractivity contribution in [3.05, 3.63) is 64.2 Å². The molecule has 0 bridgehead atoms. The van der Waals surface area contributed by atoms with Crippen molar-refractivity contribution in [2.45, 2.75) is 39.4 Å². The van der Waals surface area contributed by atoms with E-state index < -0.39 is 6.10 Å². The second kappa shape index (κ2) is 4.95. The van der Waals surface area contributed by atoms with Gasteiger partial charge in [0.25, 0.3) is 0 Å². The smallest absolute Gasteiger partial charge is 0.127 e. The first-order chi connectivity index (χ1) is 9.54.